The molecule has 16 rings (SSSR count). The molecule has 131 heavy (non-hydrogen) atoms. The first-order chi connectivity index (χ1) is 62.8. The number of carbonyl (C=O) groups is 3. The van der Waals surface area contributed by atoms with Crippen LogP contribution in [-0.4, -0.2) is 83.1 Å². The van der Waals surface area contributed by atoms with Gasteiger partial charge in [-0.2, -0.15) is 58.0 Å². The molecule has 26 nitrogen and oxygen atoms in total. The monoisotopic (exact) mass is 1820 g/mol. The number of alkyl halides is 5. The number of hydrogen-bond acceptors (Lipinski definition) is 23. The number of nitrogens with zero attached hydrogens (tertiary/aromatic N) is 14. The first-order valence-electron chi connectivity index (χ1n) is 40.9. The summed E-state index contributed by atoms with van der Waals surface area (Å²) in [5.74, 6) is 3.62. The summed E-state index contributed by atoms with van der Waals surface area (Å²) in [5.41, 5.74) is 6.97. The minimum Gasteiger partial charge on any atom is -0.497 e. The molecule has 0 bridgehead atoms. The highest BCUT2D eigenvalue weighted by atomic mass is 32.1. The molecule has 0 unspecified atom stereocenters. The maximum atomic E-state index is 12.9. The molecule has 2 aliphatic rings. The summed E-state index contributed by atoms with van der Waals surface area (Å²) >= 11 is 7.90. The summed E-state index contributed by atoms with van der Waals surface area (Å²) in [6, 6.07) is 48.8. The van der Waals surface area contributed by atoms with Crippen LogP contribution in [0.15, 0.2) is 205 Å². The Balaban J connectivity index is 0.000000150. The van der Waals surface area contributed by atoms with Crippen LogP contribution in [0, 0.1) is 78.9 Å². The number of aryl methyl sites for hydroxylation is 7. The molecule has 0 spiro atoms. The second kappa shape index (κ2) is 42.6. The van der Waals surface area contributed by atoms with Gasteiger partial charge in [0.1, 0.15) is 68.8 Å². The third-order valence-electron chi connectivity index (χ3n) is 20.9. The Morgan fingerprint density at radius 1 is 0.649 bits per heavy atom. The fraction of sp³-hybridized carbons (Fsp3) is 0.237. The number of nitriles is 3. The molecule has 34 heteroatoms. The molecular weight excluding hydrogens is 1740 g/mol. The molecule has 9 heterocycles. The van der Waals surface area contributed by atoms with Gasteiger partial charge in [0.15, 0.2) is 40.0 Å². The van der Waals surface area contributed by atoms with Crippen LogP contribution in [0.3, 0.4) is 0 Å². The van der Waals surface area contributed by atoms with Crippen LogP contribution in [0.25, 0.3) is 66.9 Å². The molecule has 14 aromatic rings. The average Bonchev–Trinajstić information content (AvgIpc) is 1.64. The fourth-order valence-corrected chi connectivity index (χ4v) is 17.4. The van der Waals surface area contributed by atoms with Crippen LogP contribution in [0.4, 0.5) is 22.0 Å². The van der Waals surface area contributed by atoms with Gasteiger partial charge in [0.05, 0.1) is 47.1 Å². The summed E-state index contributed by atoms with van der Waals surface area (Å²) in [5, 5.41) is 49.9. The van der Waals surface area contributed by atoms with Gasteiger partial charge in [-0.25, -0.2) is 19.1 Å². The molecule has 0 atom stereocenters. The second-order valence-electron chi connectivity index (χ2n) is 30.3. The van der Waals surface area contributed by atoms with Crippen molar-refractivity contribution in [1.29, 1.82) is 15.8 Å². The van der Waals surface area contributed by atoms with E-state index in [1.807, 2.05) is 147 Å². The van der Waals surface area contributed by atoms with E-state index in [1.54, 1.807) is 43.2 Å². The van der Waals surface area contributed by atoms with Crippen molar-refractivity contribution in [3.05, 3.63) is 326 Å². The number of ether oxygens (including phenoxy) is 2. The molecular formula is C97H82F5N15O11S3. The van der Waals surface area contributed by atoms with E-state index in [4.69, 9.17) is 32.5 Å². The van der Waals surface area contributed by atoms with Crippen LogP contribution in [-0.2, 0) is 51.6 Å². The second-order valence-corrected chi connectivity index (χ2v) is 32.8. The number of nitrogens with one attached hydrogen (secondary N) is 1. The van der Waals surface area contributed by atoms with Crippen molar-refractivity contribution in [3.63, 3.8) is 0 Å². The number of thiophene rings is 2. The number of H-pyrrole nitrogens is 1. The van der Waals surface area contributed by atoms with E-state index in [0.717, 1.165) is 143 Å². The van der Waals surface area contributed by atoms with E-state index < -0.39 is 40.4 Å². The van der Waals surface area contributed by atoms with E-state index in [-0.39, 0.29) is 72.8 Å². The topological polar surface area (TPSA) is 357 Å². The normalized spacial score (nSPS) is 11.8. The van der Waals surface area contributed by atoms with E-state index in [9.17, 15) is 76.1 Å². The molecule has 0 saturated carbocycles. The van der Waals surface area contributed by atoms with Gasteiger partial charge in [-0.05, 0) is 176 Å². The lowest BCUT2D eigenvalue weighted by Crippen LogP contribution is -2.25. The zero-order valence-corrected chi connectivity index (χ0v) is 74.4. The number of aromatic nitrogens is 12. The Hall–Kier alpha value is -15.2. The summed E-state index contributed by atoms with van der Waals surface area (Å²) < 4.78 is 86.9. The molecule has 664 valence electrons. The van der Waals surface area contributed by atoms with Crippen molar-refractivity contribution in [1.82, 2.24) is 58.6 Å². The smallest absolute Gasteiger partial charge is 0.416 e. The molecule has 9 aromatic heterocycles. The number of methoxy groups -OCH3 is 1. The predicted octanol–water partition coefficient (Wildman–Crippen LogP) is 18.4. The highest BCUT2D eigenvalue weighted by Gasteiger charge is 2.34. The van der Waals surface area contributed by atoms with E-state index >= 15 is 0 Å². The SMILES string of the molecule is C#CCCCn1nc(C)c(=O)nc1-c1ccccn1.CC(=O)c1c(-n2nc(C#N)c(=O)c(C#N)c2-c2ccc(C)cc2)sc2c1CCCC2.CC(=O)c1c(-n2nc(C(C)=O)c(=O)c(C#N)c2-c2ccc(C)cc2)sc2c1CCCC2.COc1ccc(Cn2cc(OCc3ccc(C)cc3)c(=O)cc2-c2n[nH]c(=S)o2)cc1.O=c1ccn(C(F)F)c(-c2cccc(C(F)(F)F)c2)c1. The lowest BCUT2D eigenvalue weighted by atomic mass is 9.94. The van der Waals surface area contributed by atoms with Gasteiger partial charge in [-0.1, -0.05) is 120 Å². The zero-order chi connectivity index (χ0) is 94.1. The van der Waals surface area contributed by atoms with Crippen molar-refractivity contribution < 1.29 is 50.2 Å². The Morgan fingerprint density at radius 2 is 1.22 bits per heavy atom. The predicted molar refractivity (Wildman–Crippen MR) is 487 cm³/mol. The van der Waals surface area contributed by atoms with Crippen LogP contribution in [0.1, 0.15) is 174 Å². The van der Waals surface area contributed by atoms with Crippen molar-refractivity contribution in [3.8, 4) is 109 Å². The molecule has 5 aromatic carbocycles. The van der Waals surface area contributed by atoms with E-state index in [2.05, 4.69) is 41.4 Å². The largest absolute Gasteiger partial charge is 0.497 e. The Labute approximate surface area is 759 Å². The molecule has 0 amide bonds. The van der Waals surface area contributed by atoms with E-state index in [0.29, 0.717) is 97.2 Å². The van der Waals surface area contributed by atoms with Crippen molar-refractivity contribution in [2.75, 3.05) is 7.11 Å². The van der Waals surface area contributed by atoms with Gasteiger partial charge < -0.3 is 18.5 Å². The number of carbonyl (C=O) groups excluding carboxylic acids is 3. The number of terminal acetylenes is 1. The number of unbranched alkanes of at least 4 members (excludes halogenated alkanes) is 1. The number of benzene rings is 5. The fourth-order valence-electron chi connectivity index (χ4n) is 14.5. The zero-order valence-electron chi connectivity index (χ0n) is 72.0. The van der Waals surface area contributed by atoms with Gasteiger partial charge >= 0.3 is 12.7 Å². The minimum absolute atomic E-state index is 0.0863. The van der Waals surface area contributed by atoms with Crippen LogP contribution >= 0.6 is 34.9 Å². The van der Waals surface area contributed by atoms with Crippen LogP contribution in [0.2, 0.25) is 0 Å². The Bertz CT molecular complexity index is 7230. The number of halogens is 5. The Kier molecular flexibility index (Phi) is 30.8. The lowest BCUT2D eigenvalue weighted by Gasteiger charge is -2.16. The highest BCUT2D eigenvalue weighted by Crippen LogP contribution is 2.42. The summed E-state index contributed by atoms with van der Waals surface area (Å²) in [7, 11) is 1.62. The summed E-state index contributed by atoms with van der Waals surface area (Å²) in [4.78, 5) is 109. The van der Waals surface area contributed by atoms with Crippen molar-refractivity contribution >= 4 is 52.2 Å². The molecule has 0 fully saturated rings. The maximum Gasteiger partial charge on any atom is 0.416 e. The summed E-state index contributed by atoms with van der Waals surface area (Å²) in [6.45, 7) is 10.3. The van der Waals surface area contributed by atoms with Crippen LogP contribution in [0.5, 0.6) is 11.5 Å². The standard InChI is InChI=1S/C24H21N3O3S.C23H18N4O2S.C23H21N3O4S.C14H14N4O.C13H8F5NO/c1-13-8-10-16(11-9-13)22-18(12-25)23(30)21(15(3)29)26-27(22)24-20(14(2)28)17-6-4-5-7-19(17)31-24;1-13-7-9-15(10-8-13)21-17(11-24)22(29)18(12-25)26-27(21)23-20(14(2)28)16-5-3-4-6-19(16)30-23;1-15-3-5-17(6-4-15)14-29-21-13-26(12-16-7-9-18(28-2)10-8-16)19(11-20(21)27)22-24-25-23(31)30-22;1-3-4-7-10-18-13(12-8-5-6-9-15-12)16-14(19)11(2)17-18;14-12(15)19-5-4-10(20)7-11(19)8-2-1-3-9(6-8)13(16,17)18/h8-11H,4-7H2,1-3H3;7-10H,3-6H2,1-2H3;3-11,13H,12,14H2,1-2H3,(H,25,31);1,5-6,8-9H,4,7,10H2,2H3;1-7,12H. The van der Waals surface area contributed by atoms with Gasteiger partial charge in [-0.3, -0.25) is 47.9 Å². The molecule has 2 aliphatic carbocycles. The minimum atomic E-state index is -4.58. The number of ketones is 3. The van der Waals surface area contributed by atoms with Gasteiger partial charge in [0.25, 0.3) is 16.3 Å². The molecule has 1 N–H and O–H groups in total. The number of fused-ring (bicyclic) bond motifs is 2. The van der Waals surface area contributed by atoms with Gasteiger partial charge in [0.2, 0.25) is 22.0 Å². The third kappa shape index (κ3) is 22.5. The third-order valence-corrected chi connectivity index (χ3v) is 23.6. The van der Waals surface area contributed by atoms with Crippen molar-refractivity contribution in [2.24, 2.45) is 0 Å². The first kappa shape index (κ1) is 94.9. The van der Waals surface area contributed by atoms with Gasteiger partial charge in [-0.15, -0.1) is 40.1 Å². The average molecular weight is 1830 g/mol. The highest BCUT2D eigenvalue weighted by molar-refractivity contribution is 7.71. The quantitative estimate of drug-likeness (QED) is 0.0243. The number of aromatic amines is 1. The van der Waals surface area contributed by atoms with Crippen LogP contribution < -0.4 is 36.7 Å². The molecule has 0 saturated heterocycles. The number of rotatable bonds is 20. The van der Waals surface area contributed by atoms with Gasteiger partial charge in [0, 0.05) is 77.9 Å². The summed E-state index contributed by atoms with van der Waals surface area (Å²) in [6.07, 6.45) is 13.8. The molecule has 0 aliphatic heterocycles. The maximum absolute atomic E-state index is 12.9. The van der Waals surface area contributed by atoms with Crippen molar-refractivity contribution in [2.45, 2.75) is 145 Å². The number of pyridine rings is 3. The van der Waals surface area contributed by atoms with E-state index in [1.165, 1.54) is 70.5 Å². The first-order valence-corrected chi connectivity index (χ1v) is 43.0. The Morgan fingerprint density at radius 3 is 1.74 bits per heavy atom. The lowest BCUT2D eigenvalue weighted by molar-refractivity contribution is -0.137. The number of hydrogen-bond donors (Lipinski definition) is 1. The number of Topliss-reactive ketones (excluding diaryl/α,β-unsaturated/α-hetero) is 3. The molecule has 0 radical (unpaired) electrons.